The van der Waals surface area contributed by atoms with Crippen LogP contribution >= 0.6 is 11.8 Å². The number of hydrogen-bond acceptors (Lipinski definition) is 4. The van der Waals surface area contributed by atoms with E-state index >= 15 is 0 Å². The highest BCUT2D eigenvalue weighted by Crippen LogP contribution is 2.24. The predicted molar refractivity (Wildman–Crippen MR) is 61.0 cm³/mol. The van der Waals surface area contributed by atoms with Crippen LogP contribution < -0.4 is 5.32 Å². The van der Waals surface area contributed by atoms with Gasteiger partial charge in [-0.3, -0.25) is 5.01 Å². The Morgan fingerprint density at radius 2 is 2.57 bits per heavy atom. The number of hydrogen-bond donors (Lipinski definition) is 1. The third kappa shape index (κ3) is 2.13. The predicted octanol–water partition coefficient (Wildman–Crippen LogP) is 1.39. The topological polar surface area (TPSA) is 18.5 Å². The fourth-order valence-electron chi connectivity index (χ4n) is 1.83. The highest BCUT2D eigenvalue weighted by Gasteiger charge is 2.26. The Hall–Kier alpha value is -0.450. The lowest BCUT2D eigenvalue weighted by atomic mass is 10.1. The molecular weight excluding hydrogens is 194 g/mol. The van der Waals surface area contributed by atoms with Crippen LogP contribution in [-0.2, 0) is 0 Å². The van der Waals surface area contributed by atoms with E-state index in [0.29, 0.717) is 6.04 Å². The third-order valence-corrected chi connectivity index (χ3v) is 3.13. The maximum atomic E-state index is 3.81. The Bertz CT molecular complexity index is 229. The lowest BCUT2D eigenvalue weighted by Crippen LogP contribution is -2.55. The van der Waals surface area contributed by atoms with Crippen molar-refractivity contribution >= 4 is 11.8 Å². The molecule has 14 heavy (non-hydrogen) atoms. The normalized spacial score (nSPS) is 28.3. The van der Waals surface area contributed by atoms with Crippen LogP contribution in [0.1, 0.15) is 6.42 Å². The van der Waals surface area contributed by atoms with Gasteiger partial charge in [0.25, 0.3) is 0 Å². The van der Waals surface area contributed by atoms with Crippen molar-refractivity contribution in [2.75, 3.05) is 19.6 Å². The summed E-state index contributed by atoms with van der Waals surface area (Å²) in [5.41, 5.74) is 0. The third-order valence-electron chi connectivity index (χ3n) is 2.52. The lowest BCUT2D eigenvalue weighted by Gasteiger charge is -2.40. The minimum Gasteiger partial charge on any atom is -0.314 e. The molecule has 1 saturated heterocycles. The van der Waals surface area contributed by atoms with Gasteiger partial charge in [-0.05, 0) is 11.8 Å². The molecule has 2 rings (SSSR count). The minimum atomic E-state index is 0.542. The van der Waals surface area contributed by atoms with Gasteiger partial charge in [0.05, 0.1) is 0 Å². The summed E-state index contributed by atoms with van der Waals surface area (Å²) < 4.78 is 0. The molecule has 1 unspecified atom stereocenters. The molecule has 0 spiro atoms. The highest BCUT2D eigenvalue weighted by molar-refractivity contribution is 8.04. The van der Waals surface area contributed by atoms with Crippen LogP contribution in [0.15, 0.2) is 24.3 Å². The molecule has 77 valence electrons. The van der Waals surface area contributed by atoms with Crippen molar-refractivity contribution < 1.29 is 0 Å². The molecule has 1 fully saturated rings. The second-order valence-corrected chi connectivity index (χ2v) is 4.21. The van der Waals surface area contributed by atoms with Gasteiger partial charge in [-0.25, -0.2) is 5.01 Å². The first-order valence-electron chi connectivity index (χ1n) is 4.94. The summed E-state index contributed by atoms with van der Waals surface area (Å²) in [5.74, 6) is 2.14. The van der Waals surface area contributed by atoms with Crippen molar-refractivity contribution in [2.45, 2.75) is 12.5 Å². The summed E-state index contributed by atoms with van der Waals surface area (Å²) in [7, 11) is 0. The van der Waals surface area contributed by atoms with Crippen LogP contribution in [0.2, 0.25) is 0 Å². The average Bonchev–Trinajstić information content (AvgIpc) is 2.72. The van der Waals surface area contributed by atoms with Crippen LogP contribution in [0.25, 0.3) is 0 Å². The fraction of sp³-hybridized carbons (Fsp3) is 0.500. The molecule has 2 aliphatic heterocycles. The first-order valence-corrected chi connectivity index (χ1v) is 5.88. The van der Waals surface area contributed by atoms with Gasteiger partial charge in [0.1, 0.15) is 5.88 Å². The molecule has 1 atom stereocenters. The van der Waals surface area contributed by atoms with E-state index in [1.54, 1.807) is 11.8 Å². The maximum absolute atomic E-state index is 3.81. The van der Waals surface area contributed by atoms with E-state index in [-0.39, 0.29) is 0 Å². The molecule has 0 saturated carbocycles. The van der Waals surface area contributed by atoms with E-state index in [0.717, 1.165) is 26.1 Å². The van der Waals surface area contributed by atoms with E-state index in [1.165, 1.54) is 0 Å². The van der Waals surface area contributed by atoms with E-state index in [1.807, 2.05) is 6.08 Å². The van der Waals surface area contributed by atoms with Crippen molar-refractivity contribution in [3.05, 3.63) is 30.1 Å². The van der Waals surface area contributed by atoms with Crippen molar-refractivity contribution in [2.24, 2.45) is 0 Å². The van der Waals surface area contributed by atoms with E-state index in [9.17, 15) is 0 Å². The quantitative estimate of drug-likeness (QED) is 0.709. The number of hydrazine groups is 1. The van der Waals surface area contributed by atoms with Crippen LogP contribution in [0.3, 0.4) is 0 Å². The molecule has 2 heterocycles. The van der Waals surface area contributed by atoms with Gasteiger partial charge in [0.2, 0.25) is 0 Å². The number of piperazine rings is 1. The summed E-state index contributed by atoms with van der Waals surface area (Å²) in [4.78, 5) is 0. The molecule has 0 amide bonds. The molecule has 3 nitrogen and oxygen atoms in total. The monoisotopic (exact) mass is 210 g/mol. The zero-order valence-electron chi connectivity index (χ0n) is 8.22. The summed E-state index contributed by atoms with van der Waals surface area (Å²) in [6.45, 7) is 7.00. The average molecular weight is 210 g/mol. The van der Waals surface area contributed by atoms with Crippen LogP contribution in [0.5, 0.6) is 0 Å². The van der Waals surface area contributed by atoms with Gasteiger partial charge in [0, 0.05) is 31.9 Å². The Labute approximate surface area is 89.8 Å². The second kappa shape index (κ2) is 4.87. The molecule has 2 aliphatic rings. The molecule has 0 aromatic rings. The maximum Gasteiger partial charge on any atom is 0.126 e. The summed E-state index contributed by atoms with van der Waals surface area (Å²) >= 11 is 1.73. The van der Waals surface area contributed by atoms with Gasteiger partial charge in [0.15, 0.2) is 0 Å². The molecule has 4 heteroatoms. The number of thioether (sulfide) groups is 1. The van der Waals surface area contributed by atoms with Gasteiger partial charge in [-0.2, -0.15) is 0 Å². The Balaban J connectivity index is 1.97. The SMILES string of the molecule is C=CCC1CNCCN1N1[CH]SC=C1. The van der Waals surface area contributed by atoms with Gasteiger partial charge < -0.3 is 5.32 Å². The van der Waals surface area contributed by atoms with Crippen molar-refractivity contribution in [1.82, 2.24) is 15.3 Å². The molecular formula is C10H16N3S. The first kappa shape index (κ1) is 10.1. The van der Waals surface area contributed by atoms with Crippen LogP contribution in [-0.4, -0.2) is 35.7 Å². The molecule has 0 bridgehead atoms. The molecule has 1 N–H and O–H groups in total. The Morgan fingerprint density at radius 1 is 1.64 bits per heavy atom. The zero-order valence-corrected chi connectivity index (χ0v) is 9.04. The van der Waals surface area contributed by atoms with Gasteiger partial charge in [-0.1, -0.05) is 6.08 Å². The lowest BCUT2D eigenvalue weighted by molar-refractivity contribution is -0.00122. The Kier molecular flexibility index (Phi) is 3.50. The zero-order chi connectivity index (χ0) is 9.80. The van der Waals surface area contributed by atoms with Crippen molar-refractivity contribution in [3.8, 4) is 0 Å². The van der Waals surface area contributed by atoms with Crippen molar-refractivity contribution in [3.63, 3.8) is 0 Å². The van der Waals surface area contributed by atoms with Crippen molar-refractivity contribution in [1.29, 1.82) is 0 Å². The number of rotatable bonds is 3. The minimum absolute atomic E-state index is 0.542. The molecule has 0 aromatic carbocycles. The second-order valence-electron chi connectivity index (χ2n) is 3.45. The molecule has 1 radical (unpaired) electrons. The summed E-state index contributed by atoms with van der Waals surface area (Å²) in [6.07, 6.45) is 5.15. The van der Waals surface area contributed by atoms with Crippen LogP contribution in [0.4, 0.5) is 0 Å². The Morgan fingerprint density at radius 3 is 3.29 bits per heavy atom. The van der Waals surface area contributed by atoms with E-state index < -0.39 is 0 Å². The van der Waals surface area contributed by atoms with E-state index in [4.69, 9.17) is 0 Å². The van der Waals surface area contributed by atoms with Gasteiger partial charge in [-0.15, -0.1) is 18.3 Å². The number of nitrogens with zero attached hydrogens (tertiary/aromatic N) is 2. The fourth-order valence-corrected chi connectivity index (χ4v) is 2.41. The highest BCUT2D eigenvalue weighted by atomic mass is 32.2. The van der Waals surface area contributed by atoms with E-state index in [2.05, 4.69) is 39.4 Å². The van der Waals surface area contributed by atoms with Gasteiger partial charge >= 0.3 is 0 Å². The summed E-state index contributed by atoms with van der Waals surface area (Å²) in [5, 5.41) is 10.1. The first-order chi connectivity index (χ1) is 6.92. The molecule has 0 aliphatic carbocycles. The summed E-state index contributed by atoms with van der Waals surface area (Å²) in [6, 6.07) is 0.542. The smallest absolute Gasteiger partial charge is 0.126 e. The standard InChI is InChI=1S/C10H16N3S/c1-2-3-10-8-11-4-5-13(10)12-6-7-14-9-12/h2,6-7,9-11H,1,3-5,8H2. The molecule has 0 aromatic heterocycles. The van der Waals surface area contributed by atoms with Crippen LogP contribution in [0, 0.1) is 5.88 Å². The number of nitrogens with one attached hydrogen (secondary N) is 1. The largest absolute Gasteiger partial charge is 0.314 e.